The number of fused-ring (bicyclic) bond motifs is 1. The molecule has 3 aromatic rings. The third kappa shape index (κ3) is 5.40. The number of nitrogens with one attached hydrogen (secondary N) is 1. The molecule has 0 fully saturated rings. The summed E-state index contributed by atoms with van der Waals surface area (Å²) in [7, 11) is 1.36. The molecule has 32 heavy (non-hydrogen) atoms. The van der Waals surface area contributed by atoms with Crippen LogP contribution in [0.25, 0.3) is 10.8 Å². The summed E-state index contributed by atoms with van der Waals surface area (Å²) in [5.41, 5.74) is 0.609. The first-order valence-electron chi connectivity index (χ1n) is 10.2. The number of alkyl halides is 2. The smallest absolute Gasteiger partial charge is 0.387 e. The molecule has 0 saturated heterocycles. The van der Waals surface area contributed by atoms with E-state index < -0.39 is 12.5 Å². The first-order chi connectivity index (χ1) is 15.3. The van der Waals surface area contributed by atoms with Gasteiger partial charge >= 0.3 is 6.61 Å². The Labute approximate surface area is 184 Å². The van der Waals surface area contributed by atoms with E-state index in [9.17, 15) is 18.4 Å². The highest BCUT2D eigenvalue weighted by Gasteiger charge is 2.17. The van der Waals surface area contributed by atoms with E-state index in [1.807, 2.05) is 13.8 Å². The van der Waals surface area contributed by atoms with Crippen LogP contribution in [0, 0.1) is 5.92 Å². The molecular formula is C23H25F2N3O4. The molecule has 0 bridgehead atoms. The van der Waals surface area contributed by atoms with E-state index in [1.165, 1.54) is 23.9 Å². The minimum Gasteiger partial charge on any atom is -0.493 e. The average molecular weight is 445 g/mol. The van der Waals surface area contributed by atoms with Crippen LogP contribution in [0.15, 0.2) is 47.3 Å². The maximum Gasteiger partial charge on any atom is 0.387 e. The number of carbonyl (C=O) groups is 1. The van der Waals surface area contributed by atoms with Crippen molar-refractivity contribution in [1.82, 2.24) is 15.1 Å². The van der Waals surface area contributed by atoms with Crippen molar-refractivity contribution in [2.45, 2.75) is 33.4 Å². The number of hydrogen-bond donors (Lipinski definition) is 1. The molecule has 0 radical (unpaired) electrons. The molecule has 0 atom stereocenters. The Bertz CT molecular complexity index is 1160. The predicted octanol–water partition coefficient (Wildman–Crippen LogP) is 3.64. The number of amides is 1. The van der Waals surface area contributed by atoms with Gasteiger partial charge < -0.3 is 14.8 Å². The molecule has 7 nitrogen and oxygen atoms in total. The van der Waals surface area contributed by atoms with Gasteiger partial charge in [-0.1, -0.05) is 38.1 Å². The SMILES string of the molecule is COc1ccc(CCNC(=O)c2nn(CC(C)C)c(=O)c3ccccc23)cc1OC(F)F. The van der Waals surface area contributed by atoms with Crippen molar-refractivity contribution in [2.24, 2.45) is 5.92 Å². The van der Waals surface area contributed by atoms with Crippen molar-refractivity contribution in [1.29, 1.82) is 0 Å². The Balaban J connectivity index is 1.78. The maximum atomic E-state index is 12.9. The zero-order valence-electron chi connectivity index (χ0n) is 18.1. The Kier molecular flexibility index (Phi) is 7.40. The molecule has 0 aliphatic carbocycles. The first-order valence-corrected chi connectivity index (χ1v) is 10.2. The third-order valence-corrected chi connectivity index (χ3v) is 4.76. The van der Waals surface area contributed by atoms with Crippen molar-refractivity contribution in [3.8, 4) is 11.5 Å². The van der Waals surface area contributed by atoms with Gasteiger partial charge in [0.1, 0.15) is 0 Å². The van der Waals surface area contributed by atoms with Crippen molar-refractivity contribution in [3.63, 3.8) is 0 Å². The summed E-state index contributed by atoms with van der Waals surface area (Å²) in [6.07, 6.45) is 0.374. The zero-order chi connectivity index (χ0) is 23.3. The lowest BCUT2D eigenvalue weighted by atomic mass is 10.1. The van der Waals surface area contributed by atoms with E-state index in [0.29, 0.717) is 29.3 Å². The number of aromatic nitrogens is 2. The van der Waals surface area contributed by atoms with Gasteiger partial charge in [0, 0.05) is 18.5 Å². The fraction of sp³-hybridized carbons (Fsp3) is 0.348. The Morgan fingerprint density at radius 3 is 2.50 bits per heavy atom. The van der Waals surface area contributed by atoms with E-state index >= 15 is 0 Å². The monoisotopic (exact) mass is 445 g/mol. The van der Waals surface area contributed by atoms with E-state index in [1.54, 1.807) is 30.3 Å². The minimum absolute atomic E-state index is 0.0697. The predicted molar refractivity (Wildman–Crippen MR) is 117 cm³/mol. The van der Waals surface area contributed by atoms with E-state index in [4.69, 9.17) is 4.74 Å². The molecular weight excluding hydrogens is 420 g/mol. The third-order valence-electron chi connectivity index (χ3n) is 4.76. The molecule has 3 rings (SSSR count). The second kappa shape index (κ2) is 10.2. The highest BCUT2D eigenvalue weighted by Crippen LogP contribution is 2.29. The summed E-state index contributed by atoms with van der Waals surface area (Å²) in [5.74, 6) is -0.116. The van der Waals surface area contributed by atoms with Gasteiger partial charge in [0.25, 0.3) is 11.5 Å². The molecule has 0 aliphatic rings. The summed E-state index contributed by atoms with van der Waals surface area (Å²) in [4.78, 5) is 25.6. The van der Waals surface area contributed by atoms with Gasteiger partial charge in [0.2, 0.25) is 0 Å². The van der Waals surface area contributed by atoms with E-state index in [-0.39, 0.29) is 35.2 Å². The van der Waals surface area contributed by atoms with Gasteiger partial charge in [0.15, 0.2) is 17.2 Å². The zero-order valence-corrected chi connectivity index (χ0v) is 18.1. The second-order valence-electron chi connectivity index (χ2n) is 7.64. The highest BCUT2D eigenvalue weighted by atomic mass is 19.3. The van der Waals surface area contributed by atoms with Gasteiger partial charge in [-0.25, -0.2) is 4.68 Å². The fourth-order valence-corrected chi connectivity index (χ4v) is 3.34. The lowest BCUT2D eigenvalue weighted by Crippen LogP contribution is -2.32. The largest absolute Gasteiger partial charge is 0.493 e. The Hall–Kier alpha value is -3.49. The van der Waals surface area contributed by atoms with Crippen LogP contribution in [0.2, 0.25) is 0 Å². The first kappa shape index (κ1) is 23.2. The van der Waals surface area contributed by atoms with E-state index in [2.05, 4.69) is 15.2 Å². The second-order valence-corrected chi connectivity index (χ2v) is 7.64. The van der Waals surface area contributed by atoms with Gasteiger partial charge in [-0.15, -0.1) is 0 Å². The summed E-state index contributed by atoms with van der Waals surface area (Å²) in [5, 5.41) is 8.01. The minimum atomic E-state index is -2.97. The number of carbonyl (C=O) groups excluding carboxylic acids is 1. The van der Waals surface area contributed by atoms with Gasteiger partial charge in [0.05, 0.1) is 12.5 Å². The molecule has 1 heterocycles. The normalized spacial score (nSPS) is 11.2. The topological polar surface area (TPSA) is 82.5 Å². The van der Waals surface area contributed by atoms with Crippen LogP contribution in [0.3, 0.4) is 0 Å². The number of halogens is 2. The molecule has 2 aromatic carbocycles. The van der Waals surface area contributed by atoms with Gasteiger partial charge in [-0.2, -0.15) is 13.9 Å². The molecule has 0 spiro atoms. The van der Waals surface area contributed by atoms with Crippen molar-refractivity contribution in [3.05, 3.63) is 64.1 Å². The van der Waals surface area contributed by atoms with Crippen LogP contribution in [0.4, 0.5) is 8.78 Å². The number of methoxy groups -OCH3 is 1. The fourth-order valence-electron chi connectivity index (χ4n) is 3.34. The van der Waals surface area contributed by atoms with Crippen LogP contribution < -0.4 is 20.3 Å². The Morgan fingerprint density at radius 1 is 1.12 bits per heavy atom. The van der Waals surface area contributed by atoms with Crippen molar-refractivity contribution < 1.29 is 23.0 Å². The van der Waals surface area contributed by atoms with Crippen molar-refractivity contribution >= 4 is 16.7 Å². The summed E-state index contributed by atoms with van der Waals surface area (Å²) in [6, 6.07) is 11.5. The molecule has 170 valence electrons. The van der Waals surface area contributed by atoms with Gasteiger partial charge in [-0.05, 0) is 36.1 Å². The summed E-state index contributed by atoms with van der Waals surface area (Å²) in [6.45, 7) is 1.58. The summed E-state index contributed by atoms with van der Waals surface area (Å²) >= 11 is 0. The number of nitrogens with zero attached hydrogens (tertiary/aromatic N) is 2. The lowest BCUT2D eigenvalue weighted by molar-refractivity contribution is -0.0512. The number of benzene rings is 2. The molecule has 0 aliphatic heterocycles. The lowest BCUT2D eigenvalue weighted by Gasteiger charge is -2.13. The average Bonchev–Trinajstić information content (AvgIpc) is 2.75. The molecule has 0 saturated carbocycles. The van der Waals surface area contributed by atoms with Crippen LogP contribution in [-0.4, -0.2) is 36.0 Å². The Morgan fingerprint density at radius 2 is 1.84 bits per heavy atom. The molecule has 1 aromatic heterocycles. The number of ether oxygens (including phenoxy) is 2. The maximum absolute atomic E-state index is 12.9. The van der Waals surface area contributed by atoms with Crippen LogP contribution in [0.1, 0.15) is 29.9 Å². The number of hydrogen-bond acceptors (Lipinski definition) is 5. The van der Waals surface area contributed by atoms with Crippen LogP contribution in [0.5, 0.6) is 11.5 Å². The van der Waals surface area contributed by atoms with Crippen molar-refractivity contribution in [2.75, 3.05) is 13.7 Å². The molecule has 1 N–H and O–H groups in total. The number of rotatable bonds is 9. The quantitative estimate of drug-likeness (QED) is 0.544. The van der Waals surface area contributed by atoms with Gasteiger partial charge in [-0.3, -0.25) is 9.59 Å². The standard InChI is InChI=1S/C23H25F2N3O4/c1-14(2)13-28-22(30)17-7-5-4-6-16(17)20(27-28)21(29)26-11-10-15-8-9-18(31-3)19(12-15)32-23(24)25/h4-9,12,14,23H,10-11,13H2,1-3H3,(H,26,29). The molecule has 1 amide bonds. The summed E-state index contributed by atoms with van der Waals surface area (Å²) < 4.78 is 36.1. The van der Waals surface area contributed by atoms with Crippen LogP contribution >= 0.6 is 0 Å². The van der Waals surface area contributed by atoms with Crippen LogP contribution in [-0.2, 0) is 13.0 Å². The molecule has 0 unspecified atom stereocenters. The highest BCUT2D eigenvalue weighted by molar-refractivity contribution is 6.04. The van der Waals surface area contributed by atoms with E-state index in [0.717, 1.165) is 0 Å². The molecule has 9 heteroatoms.